The van der Waals surface area contributed by atoms with E-state index in [2.05, 4.69) is 9.97 Å². The predicted molar refractivity (Wildman–Crippen MR) is 99.7 cm³/mol. The number of carbonyl (C=O) groups excluding carboxylic acids is 1. The number of para-hydroxylation sites is 1. The first-order valence-corrected chi connectivity index (χ1v) is 8.36. The zero-order chi connectivity index (χ0) is 18.4. The van der Waals surface area contributed by atoms with Crippen molar-refractivity contribution in [2.45, 2.75) is 19.8 Å². The topological polar surface area (TPSA) is 95.2 Å². The number of aryl methyl sites for hydroxylation is 2. The predicted octanol–water partition coefficient (Wildman–Crippen LogP) is 3.91. The van der Waals surface area contributed by atoms with Crippen molar-refractivity contribution in [3.63, 3.8) is 0 Å². The zero-order valence-corrected chi connectivity index (χ0v) is 14.5. The molecule has 0 amide bonds. The molecule has 0 aliphatic carbocycles. The SMILES string of the molecule is COC(=O)CCc1c(C(=O)O)[nH]c2cc3c([nH]c4ccccc43)c(C)c12. The summed E-state index contributed by atoms with van der Waals surface area (Å²) >= 11 is 0. The van der Waals surface area contributed by atoms with Crippen molar-refractivity contribution in [2.75, 3.05) is 7.11 Å². The highest BCUT2D eigenvalue weighted by Crippen LogP contribution is 2.36. The number of H-pyrrole nitrogens is 2. The number of carbonyl (C=O) groups is 2. The molecular formula is C20H18N2O4. The minimum atomic E-state index is -1.03. The molecule has 0 atom stereocenters. The van der Waals surface area contributed by atoms with Crippen LogP contribution in [0.15, 0.2) is 30.3 Å². The van der Waals surface area contributed by atoms with E-state index < -0.39 is 5.97 Å². The molecule has 2 aromatic heterocycles. The lowest BCUT2D eigenvalue weighted by Gasteiger charge is -2.05. The van der Waals surface area contributed by atoms with E-state index in [9.17, 15) is 14.7 Å². The van der Waals surface area contributed by atoms with Crippen LogP contribution in [0.25, 0.3) is 32.7 Å². The second-order valence-electron chi connectivity index (χ2n) is 6.38. The summed E-state index contributed by atoms with van der Waals surface area (Å²) in [5, 5.41) is 12.6. The van der Waals surface area contributed by atoms with E-state index in [0.29, 0.717) is 12.0 Å². The van der Waals surface area contributed by atoms with Crippen LogP contribution in [0.3, 0.4) is 0 Å². The Morgan fingerprint density at radius 3 is 2.62 bits per heavy atom. The first kappa shape index (κ1) is 16.2. The molecule has 132 valence electrons. The van der Waals surface area contributed by atoms with E-state index in [0.717, 1.165) is 38.3 Å². The Hall–Kier alpha value is -3.28. The van der Waals surface area contributed by atoms with Gasteiger partial charge in [-0.2, -0.15) is 0 Å². The molecule has 0 saturated carbocycles. The van der Waals surface area contributed by atoms with Crippen molar-refractivity contribution in [1.29, 1.82) is 0 Å². The molecule has 0 unspecified atom stereocenters. The highest BCUT2D eigenvalue weighted by Gasteiger charge is 2.21. The van der Waals surface area contributed by atoms with E-state index >= 15 is 0 Å². The number of aromatic amines is 2. The summed E-state index contributed by atoms with van der Waals surface area (Å²) in [4.78, 5) is 29.7. The fraction of sp³-hybridized carbons (Fsp3) is 0.200. The zero-order valence-electron chi connectivity index (χ0n) is 14.5. The van der Waals surface area contributed by atoms with Gasteiger partial charge in [-0.3, -0.25) is 4.79 Å². The van der Waals surface area contributed by atoms with Crippen molar-refractivity contribution < 1.29 is 19.4 Å². The fourth-order valence-corrected chi connectivity index (χ4v) is 3.74. The van der Waals surface area contributed by atoms with E-state index in [1.807, 2.05) is 37.3 Å². The average Bonchev–Trinajstić information content (AvgIpc) is 3.19. The molecule has 0 radical (unpaired) electrons. The largest absolute Gasteiger partial charge is 0.477 e. The molecule has 3 N–H and O–H groups in total. The monoisotopic (exact) mass is 350 g/mol. The summed E-state index contributed by atoms with van der Waals surface area (Å²) in [5.74, 6) is -1.39. The Labute approximate surface area is 148 Å². The summed E-state index contributed by atoms with van der Waals surface area (Å²) in [7, 11) is 1.33. The van der Waals surface area contributed by atoms with Crippen molar-refractivity contribution in [2.24, 2.45) is 0 Å². The minimum absolute atomic E-state index is 0.129. The highest BCUT2D eigenvalue weighted by atomic mass is 16.5. The lowest BCUT2D eigenvalue weighted by molar-refractivity contribution is -0.140. The number of methoxy groups -OCH3 is 1. The molecule has 0 spiro atoms. The second kappa shape index (κ2) is 5.91. The number of nitrogens with one attached hydrogen (secondary N) is 2. The smallest absolute Gasteiger partial charge is 0.352 e. The van der Waals surface area contributed by atoms with Crippen LogP contribution >= 0.6 is 0 Å². The number of hydrogen-bond donors (Lipinski definition) is 3. The van der Waals surface area contributed by atoms with Crippen LogP contribution in [0.5, 0.6) is 0 Å². The minimum Gasteiger partial charge on any atom is -0.477 e. The van der Waals surface area contributed by atoms with Crippen LogP contribution in [0.2, 0.25) is 0 Å². The van der Waals surface area contributed by atoms with Crippen LogP contribution in [0.4, 0.5) is 0 Å². The molecular weight excluding hydrogens is 332 g/mol. The van der Waals surface area contributed by atoms with E-state index in [4.69, 9.17) is 4.74 Å². The van der Waals surface area contributed by atoms with Crippen LogP contribution in [-0.2, 0) is 16.0 Å². The maximum Gasteiger partial charge on any atom is 0.352 e. The summed E-state index contributed by atoms with van der Waals surface area (Å²) in [6.45, 7) is 1.97. The lowest BCUT2D eigenvalue weighted by atomic mass is 9.99. The van der Waals surface area contributed by atoms with Crippen molar-refractivity contribution in [3.8, 4) is 0 Å². The molecule has 2 heterocycles. The van der Waals surface area contributed by atoms with E-state index in [1.54, 1.807) is 0 Å². The van der Waals surface area contributed by atoms with Crippen LogP contribution < -0.4 is 0 Å². The van der Waals surface area contributed by atoms with Gasteiger partial charge in [-0.05, 0) is 36.6 Å². The Morgan fingerprint density at radius 1 is 1.12 bits per heavy atom. The molecule has 0 aliphatic rings. The number of carboxylic acid groups (broad SMARTS) is 1. The van der Waals surface area contributed by atoms with Crippen LogP contribution in [0, 0.1) is 6.92 Å². The highest BCUT2D eigenvalue weighted by molar-refractivity contribution is 6.15. The van der Waals surface area contributed by atoms with Gasteiger partial charge in [0.25, 0.3) is 0 Å². The summed E-state index contributed by atoms with van der Waals surface area (Å²) < 4.78 is 4.70. The summed E-state index contributed by atoms with van der Waals surface area (Å²) in [6.07, 6.45) is 0.439. The number of ether oxygens (including phenoxy) is 1. The molecule has 0 aliphatic heterocycles. The van der Waals surface area contributed by atoms with Crippen molar-refractivity contribution in [1.82, 2.24) is 9.97 Å². The number of aromatic nitrogens is 2. The van der Waals surface area contributed by atoms with Gasteiger partial charge in [0.15, 0.2) is 0 Å². The first-order valence-electron chi connectivity index (χ1n) is 8.36. The van der Waals surface area contributed by atoms with Gasteiger partial charge in [0.1, 0.15) is 5.69 Å². The maximum absolute atomic E-state index is 11.7. The Bertz CT molecular complexity index is 1180. The number of aromatic carboxylic acids is 1. The van der Waals surface area contributed by atoms with Crippen molar-refractivity contribution >= 4 is 44.6 Å². The molecule has 6 nitrogen and oxygen atoms in total. The van der Waals surface area contributed by atoms with Gasteiger partial charge in [-0.25, -0.2) is 4.79 Å². The van der Waals surface area contributed by atoms with Gasteiger partial charge in [-0.1, -0.05) is 18.2 Å². The van der Waals surface area contributed by atoms with Gasteiger partial charge in [0, 0.05) is 33.6 Å². The van der Waals surface area contributed by atoms with E-state index in [-0.39, 0.29) is 18.1 Å². The number of hydrogen-bond acceptors (Lipinski definition) is 3. The number of rotatable bonds is 4. The maximum atomic E-state index is 11.7. The van der Waals surface area contributed by atoms with E-state index in [1.165, 1.54) is 7.11 Å². The quantitative estimate of drug-likeness (QED) is 0.486. The number of esters is 1. The van der Waals surface area contributed by atoms with Crippen molar-refractivity contribution in [3.05, 3.63) is 47.2 Å². The Kier molecular flexibility index (Phi) is 3.68. The second-order valence-corrected chi connectivity index (χ2v) is 6.38. The van der Waals surface area contributed by atoms with Gasteiger partial charge in [0.05, 0.1) is 12.6 Å². The van der Waals surface area contributed by atoms with Gasteiger partial charge in [0.2, 0.25) is 0 Å². The molecule has 4 aromatic rings. The molecule has 0 fully saturated rings. The third-order valence-corrected chi connectivity index (χ3v) is 4.94. The molecule has 26 heavy (non-hydrogen) atoms. The standard InChI is InChI=1S/C20H18N2O4/c1-10-17-12(7-8-16(23)26-2)19(20(24)25)22-15(17)9-13-11-5-3-4-6-14(11)21-18(10)13/h3-6,9,21-22H,7-8H2,1-2H3,(H,24,25). The van der Waals surface area contributed by atoms with Gasteiger partial charge in [-0.15, -0.1) is 0 Å². The molecule has 0 saturated heterocycles. The first-order chi connectivity index (χ1) is 12.5. The molecule has 0 bridgehead atoms. The molecule has 4 rings (SSSR count). The number of fused-ring (bicyclic) bond motifs is 4. The number of benzene rings is 2. The van der Waals surface area contributed by atoms with Gasteiger partial charge < -0.3 is 19.8 Å². The van der Waals surface area contributed by atoms with Crippen LogP contribution in [-0.4, -0.2) is 34.1 Å². The summed E-state index contributed by atoms with van der Waals surface area (Å²) in [5.41, 5.74) is 4.51. The normalized spacial score (nSPS) is 11.5. The number of carboxylic acids is 1. The third kappa shape index (κ3) is 2.34. The summed E-state index contributed by atoms with van der Waals surface area (Å²) in [6, 6.07) is 9.99. The van der Waals surface area contributed by atoms with Crippen LogP contribution in [0.1, 0.15) is 28.0 Å². The molecule has 6 heteroatoms. The fourth-order valence-electron chi connectivity index (χ4n) is 3.74. The Morgan fingerprint density at radius 2 is 1.88 bits per heavy atom. The Balaban J connectivity index is 2.01. The third-order valence-electron chi connectivity index (χ3n) is 4.94. The van der Waals surface area contributed by atoms with Gasteiger partial charge >= 0.3 is 11.9 Å². The lowest BCUT2D eigenvalue weighted by Crippen LogP contribution is -2.06. The average molecular weight is 350 g/mol. The molecule has 2 aromatic carbocycles.